The maximum absolute atomic E-state index is 13.4. The minimum atomic E-state index is -0.449. The SMILES string of the molecule is OCc1cnn(-c2ccc(Cl)cc2F)c1. The molecule has 2 rings (SSSR count). The summed E-state index contributed by atoms with van der Waals surface area (Å²) in [6.07, 6.45) is 3.04. The van der Waals surface area contributed by atoms with Crippen molar-refractivity contribution in [3.8, 4) is 5.69 Å². The number of aliphatic hydroxyl groups is 1. The number of hydrogen-bond donors (Lipinski definition) is 1. The van der Waals surface area contributed by atoms with E-state index in [1.807, 2.05) is 0 Å². The van der Waals surface area contributed by atoms with E-state index in [4.69, 9.17) is 16.7 Å². The molecule has 0 atom stereocenters. The van der Waals surface area contributed by atoms with Gasteiger partial charge in [-0.15, -0.1) is 0 Å². The molecule has 1 heterocycles. The Balaban J connectivity index is 2.44. The molecule has 0 amide bonds. The lowest BCUT2D eigenvalue weighted by Gasteiger charge is -2.02. The van der Waals surface area contributed by atoms with Crippen LogP contribution in [0, 0.1) is 5.82 Å². The lowest BCUT2D eigenvalue weighted by atomic mass is 10.3. The van der Waals surface area contributed by atoms with Gasteiger partial charge in [0.25, 0.3) is 0 Å². The Morgan fingerprint density at radius 2 is 2.27 bits per heavy atom. The smallest absolute Gasteiger partial charge is 0.150 e. The van der Waals surface area contributed by atoms with Gasteiger partial charge in [0.15, 0.2) is 0 Å². The van der Waals surface area contributed by atoms with Crippen LogP contribution in [-0.4, -0.2) is 14.9 Å². The van der Waals surface area contributed by atoms with Gasteiger partial charge < -0.3 is 5.11 Å². The van der Waals surface area contributed by atoms with Crippen molar-refractivity contribution in [1.29, 1.82) is 0 Å². The molecule has 0 saturated heterocycles. The van der Waals surface area contributed by atoms with E-state index in [1.165, 1.54) is 23.0 Å². The van der Waals surface area contributed by atoms with Crippen molar-refractivity contribution in [2.45, 2.75) is 6.61 Å². The molecule has 3 nitrogen and oxygen atoms in total. The van der Waals surface area contributed by atoms with E-state index in [1.54, 1.807) is 12.3 Å². The Morgan fingerprint density at radius 3 is 2.87 bits per heavy atom. The van der Waals surface area contributed by atoms with Crippen LogP contribution in [-0.2, 0) is 6.61 Å². The van der Waals surface area contributed by atoms with Gasteiger partial charge in [0.1, 0.15) is 11.5 Å². The number of rotatable bonds is 2. The zero-order valence-electron chi connectivity index (χ0n) is 7.69. The molecule has 0 saturated carbocycles. The molecule has 0 aliphatic heterocycles. The van der Waals surface area contributed by atoms with Gasteiger partial charge in [-0.25, -0.2) is 9.07 Å². The molecular weight excluding hydrogens is 219 g/mol. The van der Waals surface area contributed by atoms with Gasteiger partial charge in [-0.3, -0.25) is 0 Å². The van der Waals surface area contributed by atoms with Gasteiger partial charge in [0.05, 0.1) is 12.8 Å². The third-order valence-corrected chi connectivity index (χ3v) is 2.21. The van der Waals surface area contributed by atoms with Crippen LogP contribution >= 0.6 is 11.6 Å². The van der Waals surface area contributed by atoms with Crippen LogP contribution in [0.25, 0.3) is 5.69 Å². The van der Waals surface area contributed by atoms with E-state index in [2.05, 4.69) is 5.10 Å². The number of benzene rings is 1. The Labute approximate surface area is 90.7 Å². The molecule has 0 aliphatic rings. The van der Waals surface area contributed by atoms with Crippen LogP contribution in [0.2, 0.25) is 5.02 Å². The molecule has 0 fully saturated rings. The maximum Gasteiger partial charge on any atom is 0.150 e. The van der Waals surface area contributed by atoms with Crippen molar-refractivity contribution in [2.24, 2.45) is 0 Å². The van der Waals surface area contributed by atoms with Crippen molar-refractivity contribution in [3.05, 3.63) is 47.0 Å². The number of aromatic nitrogens is 2. The van der Waals surface area contributed by atoms with E-state index in [9.17, 15) is 4.39 Å². The van der Waals surface area contributed by atoms with Crippen molar-refractivity contribution in [2.75, 3.05) is 0 Å². The number of aliphatic hydroxyl groups excluding tert-OH is 1. The number of halogens is 2. The first kappa shape index (κ1) is 10.1. The summed E-state index contributed by atoms with van der Waals surface area (Å²) < 4.78 is 14.8. The van der Waals surface area contributed by atoms with Crippen LogP contribution in [0.4, 0.5) is 4.39 Å². The largest absolute Gasteiger partial charge is 0.392 e. The highest BCUT2D eigenvalue weighted by Crippen LogP contribution is 2.17. The van der Waals surface area contributed by atoms with Gasteiger partial charge in [0.2, 0.25) is 0 Å². The van der Waals surface area contributed by atoms with Gasteiger partial charge in [-0.2, -0.15) is 5.10 Å². The molecule has 0 aliphatic carbocycles. The molecule has 1 N–H and O–H groups in total. The second-order valence-electron chi connectivity index (χ2n) is 3.05. The molecule has 1 aromatic carbocycles. The standard InChI is InChI=1S/C10H8ClFN2O/c11-8-1-2-10(9(12)3-8)14-5-7(6-15)4-13-14/h1-5,15H,6H2. The van der Waals surface area contributed by atoms with E-state index in [0.29, 0.717) is 16.3 Å². The van der Waals surface area contributed by atoms with E-state index in [0.717, 1.165) is 0 Å². The van der Waals surface area contributed by atoms with Gasteiger partial charge in [-0.05, 0) is 18.2 Å². The molecular formula is C10H8ClFN2O. The first-order chi connectivity index (χ1) is 7.20. The van der Waals surface area contributed by atoms with E-state index < -0.39 is 5.82 Å². The van der Waals surface area contributed by atoms with Crippen LogP contribution in [0.15, 0.2) is 30.6 Å². The Morgan fingerprint density at radius 1 is 1.47 bits per heavy atom. The highest BCUT2D eigenvalue weighted by molar-refractivity contribution is 6.30. The molecule has 0 bridgehead atoms. The topological polar surface area (TPSA) is 38.1 Å². The van der Waals surface area contributed by atoms with Crippen molar-refractivity contribution >= 4 is 11.6 Å². The minimum absolute atomic E-state index is 0.116. The zero-order chi connectivity index (χ0) is 10.8. The summed E-state index contributed by atoms with van der Waals surface area (Å²) in [5, 5.41) is 13.1. The van der Waals surface area contributed by atoms with E-state index in [-0.39, 0.29) is 6.61 Å². The normalized spacial score (nSPS) is 10.6. The van der Waals surface area contributed by atoms with E-state index >= 15 is 0 Å². The Kier molecular flexibility index (Phi) is 2.70. The van der Waals surface area contributed by atoms with Gasteiger partial charge >= 0.3 is 0 Å². The average molecular weight is 227 g/mol. The summed E-state index contributed by atoms with van der Waals surface area (Å²) in [6.45, 7) is -0.116. The molecule has 0 unspecified atom stereocenters. The number of nitrogens with zero attached hydrogens (tertiary/aromatic N) is 2. The molecule has 0 radical (unpaired) electrons. The second-order valence-corrected chi connectivity index (χ2v) is 3.48. The van der Waals surface area contributed by atoms with Crippen LogP contribution in [0.3, 0.4) is 0 Å². The molecule has 0 spiro atoms. The quantitative estimate of drug-likeness (QED) is 0.852. The highest BCUT2D eigenvalue weighted by atomic mass is 35.5. The first-order valence-electron chi connectivity index (χ1n) is 4.30. The maximum atomic E-state index is 13.4. The fraction of sp³-hybridized carbons (Fsp3) is 0.100. The third kappa shape index (κ3) is 2.00. The summed E-state index contributed by atoms with van der Waals surface area (Å²) >= 11 is 5.63. The summed E-state index contributed by atoms with van der Waals surface area (Å²) in [7, 11) is 0. The first-order valence-corrected chi connectivity index (χ1v) is 4.68. The summed E-state index contributed by atoms with van der Waals surface area (Å²) in [5.74, 6) is -0.449. The minimum Gasteiger partial charge on any atom is -0.392 e. The average Bonchev–Trinajstić information content (AvgIpc) is 2.66. The van der Waals surface area contributed by atoms with Crippen molar-refractivity contribution in [1.82, 2.24) is 9.78 Å². The van der Waals surface area contributed by atoms with Crippen LogP contribution in [0.1, 0.15) is 5.56 Å². The predicted octanol–water partition coefficient (Wildman–Crippen LogP) is 2.16. The van der Waals surface area contributed by atoms with Crippen LogP contribution in [0.5, 0.6) is 0 Å². The summed E-state index contributed by atoms with van der Waals surface area (Å²) in [5.41, 5.74) is 0.934. The predicted molar refractivity (Wildman–Crippen MR) is 54.5 cm³/mol. The van der Waals surface area contributed by atoms with Gasteiger partial charge in [0, 0.05) is 16.8 Å². The molecule has 2 aromatic rings. The third-order valence-electron chi connectivity index (χ3n) is 1.98. The van der Waals surface area contributed by atoms with Crippen molar-refractivity contribution in [3.63, 3.8) is 0 Å². The molecule has 78 valence electrons. The van der Waals surface area contributed by atoms with Crippen LogP contribution < -0.4 is 0 Å². The highest BCUT2D eigenvalue weighted by Gasteiger charge is 2.06. The number of hydrogen-bond acceptors (Lipinski definition) is 2. The zero-order valence-corrected chi connectivity index (χ0v) is 8.45. The Hall–Kier alpha value is -1.39. The molecule has 1 aromatic heterocycles. The molecule has 5 heteroatoms. The Bertz CT molecular complexity index is 484. The summed E-state index contributed by atoms with van der Waals surface area (Å²) in [4.78, 5) is 0. The lowest BCUT2D eigenvalue weighted by Crippen LogP contribution is -1.97. The monoisotopic (exact) mass is 226 g/mol. The lowest BCUT2D eigenvalue weighted by molar-refractivity contribution is 0.282. The van der Waals surface area contributed by atoms with Crippen molar-refractivity contribution < 1.29 is 9.50 Å². The second kappa shape index (κ2) is 4.00. The fourth-order valence-electron chi connectivity index (χ4n) is 1.24. The van der Waals surface area contributed by atoms with Gasteiger partial charge in [-0.1, -0.05) is 11.6 Å². The molecule has 15 heavy (non-hydrogen) atoms. The fourth-order valence-corrected chi connectivity index (χ4v) is 1.40. The summed E-state index contributed by atoms with van der Waals surface area (Å²) in [6, 6.07) is 4.34.